The average Bonchev–Trinajstić information content (AvgIpc) is 2.87. The number of aliphatic imine (C=N–C) groups is 1. The number of anilines is 1. The molecule has 0 spiro atoms. The van der Waals surface area contributed by atoms with E-state index >= 15 is 0 Å². The van der Waals surface area contributed by atoms with Crippen LogP contribution in [-0.2, 0) is 16.1 Å². The van der Waals surface area contributed by atoms with E-state index in [1.54, 1.807) is 17.9 Å². The van der Waals surface area contributed by atoms with E-state index in [4.69, 9.17) is 5.73 Å². The number of nitrogens with two attached hydrogens (primary N) is 1. The molecule has 22 heavy (non-hydrogen) atoms. The first-order valence-corrected chi connectivity index (χ1v) is 7.03. The number of carbonyl (C=O) groups is 2. The lowest BCUT2D eigenvalue weighted by atomic mass is 10.3. The minimum absolute atomic E-state index is 0.0515. The summed E-state index contributed by atoms with van der Waals surface area (Å²) in [5.41, 5.74) is 6.42. The molecule has 0 saturated carbocycles. The summed E-state index contributed by atoms with van der Waals surface area (Å²) in [5, 5.41) is 5.92. The molecule has 9 nitrogen and oxygen atoms in total. The molecule has 0 aliphatic carbocycles. The van der Waals surface area contributed by atoms with Crippen molar-refractivity contribution in [3.63, 3.8) is 0 Å². The molecule has 9 heteroatoms. The van der Waals surface area contributed by atoms with Gasteiger partial charge in [-0.3, -0.25) is 14.6 Å². The highest BCUT2D eigenvalue weighted by atomic mass is 16.2. The number of nitrogens with zero attached hydrogens (tertiary/aromatic N) is 4. The SMILES string of the molecule is CNCCN(CC(C)=O)C(=O)Cn1cnc2c1NC=NC2N. The molecule has 0 saturated heterocycles. The Bertz CT molecular complexity index is 581. The van der Waals surface area contributed by atoms with Crippen molar-refractivity contribution in [2.45, 2.75) is 19.6 Å². The van der Waals surface area contributed by atoms with Crippen LogP contribution < -0.4 is 16.4 Å². The third-order valence-electron chi connectivity index (χ3n) is 3.29. The summed E-state index contributed by atoms with van der Waals surface area (Å²) in [7, 11) is 1.80. The number of hydrogen-bond acceptors (Lipinski definition) is 7. The summed E-state index contributed by atoms with van der Waals surface area (Å²) in [6.45, 7) is 2.76. The smallest absolute Gasteiger partial charge is 0.243 e. The van der Waals surface area contributed by atoms with Gasteiger partial charge in [0.15, 0.2) is 0 Å². The number of amides is 1. The maximum Gasteiger partial charge on any atom is 0.243 e. The van der Waals surface area contributed by atoms with E-state index in [0.717, 1.165) is 0 Å². The Balaban J connectivity index is 2.08. The Morgan fingerprint density at radius 2 is 2.32 bits per heavy atom. The molecule has 1 aromatic heterocycles. The number of nitrogens with one attached hydrogen (secondary N) is 2. The molecule has 0 aromatic carbocycles. The van der Waals surface area contributed by atoms with Crippen LogP contribution in [0, 0.1) is 0 Å². The van der Waals surface area contributed by atoms with Gasteiger partial charge in [0.05, 0.1) is 19.2 Å². The lowest BCUT2D eigenvalue weighted by Crippen LogP contribution is -2.41. The van der Waals surface area contributed by atoms with Crippen LogP contribution in [0.1, 0.15) is 18.8 Å². The molecule has 2 heterocycles. The van der Waals surface area contributed by atoms with E-state index in [1.807, 2.05) is 0 Å². The maximum absolute atomic E-state index is 12.4. The fraction of sp³-hybridized carbons (Fsp3) is 0.538. The number of hydrogen-bond donors (Lipinski definition) is 3. The molecule has 1 amide bonds. The van der Waals surface area contributed by atoms with Gasteiger partial charge in [-0.05, 0) is 14.0 Å². The molecule has 2 rings (SSSR count). The molecule has 1 aromatic rings. The zero-order valence-electron chi connectivity index (χ0n) is 12.7. The van der Waals surface area contributed by atoms with Gasteiger partial charge in [-0.25, -0.2) is 4.98 Å². The predicted molar refractivity (Wildman–Crippen MR) is 82.5 cm³/mol. The fourth-order valence-corrected chi connectivity index (χ4v) is 2.19. The third kappa shape index (κ3) is 3.68. The molecular weight excluding hydrogens is 286 g/mol. The van der Waals surface area contributed by atoms with E-state index in [2.05, 4.69) is 20.6 Å². The number of aromatic nitrogens is 2. The molecule has 1 atom stereocenters. The van der Waals surface area contributed by atoms with Crippen molar-refractivity contribution in [3.8, 4) is 0 Å². The van der Waals surface area contributed by atoms with Gasteiger partial charge >= 0.3 is 0 Å². The molecule has 1 unspecified atom stereocenters. The zero-order valence-corrected chi connectivity index (χ0v) is 12.7. The number of rotatable bonds is 7. The largest absolute Gasteiger partial charge is 0.333 e. The Hall–Kier alpha value is -2.26. The number of imidazole rings is 1. The van der Waals surface area contributed by atoms with Crippen molar-refractivity contribution in [2.24, 2.45) is 10.7 Å². The highest BCUT2D eigenvalue weighted by molar-refractivity contribution is 5.85. The number of likely N-dealkylation sites (N-methyl/N-ethyl adjacent to an activating group) is 1. The van der Waals surface area contributed by atoms with Gasteiger partial charge in [-0.15, -0.1) is 0 Å². The predicted octanol–water partition coefficient (Wildman–Crippen LogP) is -1.07. The standard InChI is InChI=1S/C13H21N7O2/c1-9(21)5-19(4-3-15-2)10(22)6-20-8-18-11-12(14)16-7-17-13(11)20/h7-8,12,15H,3-6,14H2,1-2H3,(H,16,17). The minimum Gasteiger partial charge on any atom is -0.333 e. The third-order valence-corrected chi connectivity index (χ3v) is 3.29. The van der Waals surface area contributed by atoms with Crippen molar-refractivity contribution in [3.05, 3.63) is 12.0 Å². The number of ketones is 1. The van der Waals surface area contributed by atoms with Crippen LogP contribution in [0.3, 0.4) is 0 Å². The van der Waals surface area contributed by atoms with E-state index in [9.17, 15) is 9.59 Å². The number of Topliss-reactive ketones (excluding diaryl/α,β-unsaturated/α-hetero) is 1. The van der Waals surface area contributed by atoms with Crippen LogP contribution in [0.25, 0.3) is 0 Å². The lowest BCUT2D eigenvalue weighted by Gasteiger charge is -2.22. The van der Waals surface area contributed by atoms with Gasteiger partial charge < -0.3 is 25.8 Å². The zero-order chi connectivity index (χ0) is 16.1. The monoisotopic (exact) mass is 307 g/mol. The van der Waals surface area contributed by atoms with Gasteiger partial charge in [0, 0.05) is 13.1 Å². The van der Waals surface area contributed by atoms with Crippen LogP contribution in [0.5, 0.6) is 0 Å². The Morgan fingerprint density at radius 3 is 3.00 bits per heavy atom. The van der Waals surface area contributed by atoms with E-state index in [1.165, 1.54) is 18.2 Å². The van der Waals surface area contributed by atoms with E-state index < -0.39 is 6.17 Å². The first kappa shape index (κ1) is 16.1. The molecule has 4 N–H and O–H groups in total. The molecule has 0 fully saturated rings. The van der Waals surface area contributed by atoms with Gasteiger partial charge in [0.1, 0.15) is 30.0 Å². The second-order valence-corrected chi connectivity index (χ2v) is 5.09. The Labute approximate surface area is 128 Å². The quantitative estimate of drug-likeness (QED) is 0.590. The topological polar surface area (TPSA) is 118 Å². The molecule has 1 aliphatic rings. The second kappa shape index (κ2) is 7.14. The number of carbonyl (C=O) groups excluding carboxylic acids is 2. The summed E-state index contributed by atoms with van der Waals surface area (Å²) in [5.74, 6) is 0.458. The van der Waals surface area contributed by atoms with E-state index in [0.29, 0.717) is 24.6 Å². The fourth-order valence-electron chi connectivity index (χ4n) is 2.19. The van der Waals surface area contributed by atoms with Crippen LogP contribution in [0.15, 0.2) is 11.3 Å². The van der Waals surface area contributed by atoms with E-state index in [-0.39, 0.29) is 24.8 Å². The van der Waals surface area contributed by atoms with Crippen molar-refractivity contribution < 1.29 is 9.59 Å². The summed E-state index contributed by atoms with van der Waals surface area (Å²) in [6.07, 6.45) is 2.52. The van der Waals surface area contributed by atoms with Gasteiger partial charge in [-0.2, -0.15) is 0 Å². The maximum atomic E-state index is 12.4. The summed E-state index contributed by atoms with van der Waals surface area (Å²) in [4.78, 5) is 33.5. The number of fused-ring (bicyclic) bond motifs is 1. The Morgan fingerprint density at radius 1 is 1.55 bits per heavy atom. The van der Waals surface area contributed by atoms with Gasteiger partial charge in [0.2, 0.25) is 5.91 Å². The van der Waals surface area contributed by atoms with Crippen molar-refractivity contribution in [1.29, 1.82) is 0 Å². The van der Waals surface area contributed by atoms with Crippen LogP contribution in [0.2, 0.25) is 0 Å². The Kier molecular flexibility index (Phi) is 5.23. The summed E-state index contributed by atoms with van der Waals surface area (Å²) < 4.78 is 1.68. The molecule has 120 valence electrons. The molecular formula is C13H21N7O2. The highest BCUT2D eigenvalue weighted by Crippen LogP contribution is 2.23. The lowest BCUT2D eigenvalue weighted by molar-refractivity contribution is -0.135. The van der Waals surface area contributed by atoms with Crippen LogP contribution >= 0.6 is 0 Å². The minimum atomic E-state index is -0.523. The molecule has 1 aliphatic heterocycles. The van der Waals surface area contributed by atoms with Gasteiger partial charge in [0.25, 0.3) is 0 Å². The first-order valence-electron chi connectivity index (χ1n) is 7.03. The van der Waals surface area contributed by atoms with Crippen molar-refractivity contribution >= 4 is 23.8 Å². The van der Waals surface area contributed by atoms with Crippen LogP contribution in [-0.4, -0.2) is 59.2 Å². The van der Waals surface area contributed by atoms with Gasteiger partial charge in [-0.1, -0.05) is 0 Å². The van der Waals surface area contributed by atoms with Crippen molar-refractivity contribution in [1.82, 2.24) is 19.8 Å². The first-order chi connectivity index (χ1) is 10.5. The van der Waals surface area contributed by atoms with Crippen molar-refractivity contribution in [2.75, 3.05) is 32.0 Å². The average molecular weight is 307 g/mol. The van der Waals surface area contributed by atoms with Crippen LogP contribution in [0.4, 0.5) is 5.82 Å². The molecule has 0 bridgehead atoms. The summed E-state index contributed by atoms with van der Waals surface area (Å²) in [6, 6.07) is 0. The highest BCUT2D eigenvalue weighted by Gasteiger charge is 2.22. The molecule has 0 radical (unpaired) electrons. The summed E-state index contributed by atoms with van der Waals surface area (Å²) >= 11 is 0. The normalized spacial score (nSPS) is 16.0. The second-order valence-electron chi connectivity index (χ2n) is 5.09.